The molecular weight excluding hydrogens is 284 g/mol. The topological polar surface area (TPSA) is 119 Å². The van der Waals surface area contributed by atoms with Crippen LogP contribution in [0.3, 0.4) is 0 Å². The van der Waals surface area contributed by atoms with Crippen LogP contribution >= 0.6 is 0 Å². The number of nitrogens with zero attached hydrogens (tertiary/aromatic N) is 2. The number of carboxylic acids is 1. The van der Waals surface area contributed by atoms with Crippen molar-refractivity contribution in [1.29, 1.82) is 5.26 Å². The number of hydrogen-bond acceptors (Lipinski definition) is 5. The molecule has 1 heterocycles. The Kier molecular flexibility index (Phi) is 3.76. The quantitative estimate of drug-likeness (QED) is 0.795. The van der Waals surface area contributed by atoms with Gasteiger partial charge in [-0.15, -0.1) is 0 Å². The number of carboxylic acid groups (broad SMARTS) is 1. The van der Waals surface area contributed by atoms with E-state index in [1.165, 1.54) is 24.3 Å². The smallest absolute Gasteiger partial charge is 0.322 e. The molecule has 0 aromatic heterocycles. The highest BCUT2D eigenvalue weighted by atomic mass is 32.2. The predicted molar refractivity (Wildman–Crippen MR) is 67.1 cm³/mol. The summed E-state index contributed by atoms with van der Waals surface area (Å²) in [4.78, 5) is 10.9. The lowest BCUT2D eigenvalue weighted by Gasteiger charge is -2.20. The lowest BCUT2D eigenvalue weighted by molar-refractivity contribution is -0.140. The first-order valence-electron chi connectivity index (χ1n) is 5.79. The van der Waals surface area contributed by atoms with Crippen LogP contribution in [0.15, 0.2) is 29.2 Å². The van der Waals surface area contributed by atoms with Crippen LogP contribution in [0.4, 0.5) is 0 Å². The maximum absolute atomic E-state index is 12.4. The summed E-state index contributed by atoms with van der Waals surface area (Å²) in [7, 11) is -4.06. The molecule has 1 aliphatic rings. The van der Waals surface area contributed by atoms with E-state index >= 15 is 0 Å². The molecule has 1 aliphatic heterocycles. The first kappa shape index (κ1) is 14.5. The first-order chi connectivity index (χ1) is 9.36. The number of hydrogen-bond donors (Lipinski definition) is 2. The zero-order valence-corrected chi connectivity index (χ0v) is 11.1. The van der Waals surface area contributed by atoms with Crippen molar-refractivity contribution in [2.45, 2.75) is 23.5 Å². The molecule has 0 bridgehead atoms. The van der Waals surface area contributed by atoms with Gasteiger partial charge in [0.15, 0.2) is 0 Å². The van der Waals surface area contributed by atoms with Crippen LogP contribution in [0.2, 0.25) is 0 Å². The second-order valence-electron chi connectivity index (χ2n) is 4.46. The van der Waals surface area contributed by atoms with Crippen molar-refractivity contribution < 1.29 is 23.4 Å². The van der Waals surface area contributed by atoms with Gasteiger partial charge in [0.1, 0.15) is 6.04 Å². The van der Waals surface area contributed by atoms with Gasteiger partial charge in [0.25, 0.3) is 0 Å². The molecule has 0 radical (unpaired) electrons. The van der Waals surface area contributed by atoms with Crippen molar-refractivity contribution >= 4 is 16.0 Å². The molecule has 0 amide bonds. The van der Waals surface area contributed by atoms with Gasteiger partial charge in [-0.2, -0.15) is 9.57 Å². The molecule has 1 aromatic rings. The lowest BCUT2D eigenvalue weighted by atomic mass is 10.2. The first-order valence-corrected chi connectivity index (χ1v) is 7.23. The van der Waals surface area contributed by atoms with E-state index in [2.05, 4.69) is 0 Å². The lowest BCUT2D eigenvalue weighted by Crippen LogP contribution is -2.40. The molecule has 106 valence electrons. The Labute approximate surface area is 115 Å². The summed E-state index contributed by atoms with van der Waals surface area (Å²) in [5.41, 5.74) is 0.165. The van der Waals surface area contributed by atoms with E-state index in [-0.39, 0.29) is 23.4 Å². The fraction of sp³-hybridized carbons (Fsp3) is 0.333. The van der Waals surface area contributed by atoms with Gasteiger partial charge < -0.3 is 10.2 Å². The van der Waals surface area contributed by atoms with Crippen molar-refractivity contribution in [3.8, 4) is 6.07 Å². The van der Waals surface area contributed by atoms with Gasteiger partial charge in [0.2, 0.25) is 10.0 Å². The number of β-amino-alcohol motifs (C(OH)–C–C–N with tert-alkyl or cyclic N) is 1. The summed E-state index contributed by atoms with van der Waals surface area (Å²) in [6, 6.07) is 5.87. The molecule has 0 unspecified atom stereocenters. The molecule has 0 spiro atoms. The van der Waals surface area contributed by atoms with E-state index in [1.54, 1.807) is 0 Å². The molecule has 20 heavy (non-hydrogen) atoms. The minimum atomic E-state index is -4.06. The maximum atomic E-state index is 12.4. The van der Waals surface area contributed by atoms with Gasteiger partial charge in [0.05, 0.1) is 22.6 Å². The summed E-state index contributed by atoms with van der Waals surface area (Å²) >= 11 is 0. The number of aliphatic hydroxyl groups excluding tert-OH is 1. The van der Waals surface area contributed by atoms with E-state index in [0.29, 0.717) is 0 Å². The minimum absolute atomic E-state index is 0.146. The van der Waals surface area contributed by atoms with Crippen LogP contribution in [0.1, 0.15) is 12.0 Å². The molecule has 2 atom stereocenters. The number of aliphatic hydroxyl groups is 1. The van der Waals surface area contributed by atoms with Gasteiger partial charge in [-0.3, -0.25) is 4.79 Å². The maximum Gasteiger partial charge on any atom is 0.322 e. The average Bonchev–Trinajstić information content (AvgIpc) is 2.82. The van der Waals surface area contributed by atoms with Crippen LogP contribution in [-0.2, 0) is 14.8 Å². The zero-order valence-electron chi connectivity index (χ0n) is 10.3. The van der Waals surface area contributed by atoms with Crippen molar-refractivity contribution in [3.05, 3.63) is 29.8 Å². The van der Waals surface area contributed by atoms with Gasteiger partial charge in [-0.25, -0.2) is 8.42 Å². The van der Waals surface area contributed by atoms with Crippen LogP contribution in [0.25, 0.3) is 0 Å². The standard InChI is InChI=1S/C12H12N2O5S/c13-6-8-2-1-3-10(4-8)20(18,19)14-7-9(15)5-11(14)12(16)17/h1-4,9,11,15H,5,7H2,(H,16,17)/t9-,11-/m0/s1. The van der Waals surface area contributed by atoms with E-state index in [9.17, 15) is 18.3 Å². The van der Waals surface area contributed by atoms with Crippen molar-refractivity contribution in [1.82, 2.24) is 4.31 Å². The van der Waals surface area contributed by atoms with Gasteiger partial charge in [0, 0.05) is 13.0 Å². The molecule has 1 fully saturated rings. The fourth-order valence-electron chi connectivity index (χ4n) is 2.14. The number of benzene rings is 1. The average molecular weight is 296 g/mol. The second kappa shape index (κ2) is 5.20. The van der Waals surface area contributed by atoms with Gasteiger partial charge >= 0.3 is 5.97 Å². The Morgan fingerprint density at radius 3 is 2.75 bits per heavy atom. The van der Waals surface area contributed by atoms with Crippen molar-refractivity contribution in [2.75, 3.05) is 6.54 Å². The predicted octanol–water partition coefficient (Wildman–Crippen LogP) is -0.233. The highest BCUT2D eigenvalue weighted by molar-refractivity contribution is 7.89. The third-order valence-electron chi connectivity index (χ3n) is 3.09. The molecule has 0 aliphatic carbocycles. The zero-order chi connectivity index (χ0) is 14.9. The second-order valence-corrected chi connectivity index (χ2v) is 6.35. The fourth-order valence-corrected chi connectivity index (χ4v) is 3.81. The number of aliphatic carboxylic acids is 1. The number of sulfonamides is 1. The van der Waals surface area contributed by atoms with E-state index in [4.69, 9.17) is 10.4 Å². The number of rotatable bonds is 3. The molecular formula is C12H12N2O5S. The van der Waals surface area contributed by atoms with Crippen LogP contribution in [0.5, 0.6) is 0 Å². The van der Waals surface area contributed by atoms with Crippen molar-refractivity contribution in [2.24, 2.45) is 0 Å². The minimum Gasteiger partial charge on any atom is -0.480 e. The Balaban J connectivity index is 2.44. The number of nitriles is 1. The highest BCUT2D eigenvalue weighted by Gasteiger charge is 2.43. The molecule has 0 saturated carbocycles. The van der Waals surface area contributed by atoms with Crippen molar-refractivity contribution in [3.63, 3.8) is 0 Å². The summed E-state index contributed by atoms with van der Waals surface area (Å²) in [5.74, 6) is -1.30. The van der Waals surface area contributed by atoms with Gasteiger partial charge in [-0.1, -0.05) is 6.07 Å². The monoisotopic (exact) mass is 296 g/mol. The molecule has 1 saturated heterocycles. The van der Waals surface area contributed by atoms with E-state index in [0.717, 1.165) is 4.31 Å². The Bertz CT molecular complexity index is 679. The van der Waals surface area contributed by atoms with Crippen LogP contribution in [0, 0.1) is 11.3 Å². The third kappa shape index (κ3) is 2.51. The number of carbonyl (C=O) groups is 1. The third-order valence-corrected chi connectivity index (χ3v) is 4.96. The molecule has 8 heteroatoms. The Morgan fingerprint density at radius 1 is 1.45 bits per heavy atom. The normalized spacial score (nSPS) is 23.4. The summed E-state index contributed by atoms with van der Waals surface area (Å²) in [6.45, 7) is -0.268. The Morgan fingerprint density at radius 2 is 2.15 bits per heavy atom. The largest absolute Gasteiger partial charge is 0.480 e. The van der Waals surface area contributed by atoms with Gasteiger partial charge in [-0.05, 0) is 18.2 Å². The molecule has 2 N–H and O–H groups in total. The molecule has 7 nitrogen and oxygen atoms in total. The SMILES string of the molecule is N#Cc1cccc(S(=O)(=O)N2C[C@@H](O)C[C@H]2C(=O)O)c1. The Hall–Kier alpha value is -1.95. The van der Waals surface area contributed by atoms with E-state index in [1.807, 2.05) is 6.07 Å². The summed E-state index contributed by atoms with van der Waals surface area (Å²) in [5, 5.41) is 27.3. The van der Waals surface area contributed by atoms with Crippen LogP contribution < -0.4 is 0 Å². The van der Waals surface area contributed by atoms with Crippen LogP contribution in [-0.4, -0.2) is 47.6 Å². The summed E-state index contributed by atoms with van der Waals surface area (Å²) in [6.07, 6.45) is -1.16. The van der Waals surface area contributed by atoms with E-state index < -0.39 is 28.1 Å². The summed E-state index contributed by atoms with van der Waals surface area (Å²) < 4.78 is 25.6. The highest BCUT2D eigenvalue weighted by Crippen LogP contribution is 2.26. The molecule has 2 rings (SSSR count). The molecule has 1 aromatic carbocycles.